The lowest BCUT2D eigenvalue weighted by Gasteiger charge is -2.33. The van der Waals surface area contributed by atoms with Crippen LogP contribution in [0.2, 0.25) is 0 Å². The van der Waals surface area contributed by atoms with Gasteiger partial charge in [0.1, 0.15) is 0 Å². The topological polar surface area (TPSA) is 89.6 Å². The second-order valence-electron chi connectivity index (χ2n) is 9.53. The van der Waals surface area contributed by atoms with Crippen molar-refractivity contribution in [1.82, 2.24) is 24.4 Å². The Balaban J connectivity index is 0.00000198. The summed E-state index contributed by atoms with van der Waals surface area (Å²) >= 11 is 0. The van der Waals surface area contributed by atoms with Crippen LogP contribution in [0.4, 0.5) is 18.9 Å². The van der Waals surface area contributed by atoms with Gasteiger partial charge in [-0.3, -0.25) is 14.7 Å². The largest absolute Gasteiger partial charge is 0.416 e. The summed E-state index contributed by atoms with van der Waals surface area (Å²) in [5.74, 6) is 5.29. The van der Waals surface area contributed by atoms with E-state index in [-0.39, 0.29) is 23.4 Å². The summed E-state index contributed by atoms with van der Waals surface area (Å²) in [5, 5.41) is 15.9. The number of aromatic nitrogens is 3. The molecule has 1 N–H and O–H groups in total. The first-order valence-electron chi connectivity index (χ1n) is 13.5. The van der Waals surface area contributed by atoms with Gasteiger partial charge in [-0.15, -0.1) is 0 Å². The van der Waals surface area contributed by atoms with E-state index in [9.17, 15) is 18.0 Å². The fourth-order valence-corrected chi connectivity index (χ4v) is 4.42. The van der Waals surface area contributed by atoms with Crippen LogP contribution in [0.3, 0.4) is 0 Å². The van der Waals surface area contributed by atoms with Gasteiger partial charge in [-0.05, 0) is 42.9 Å². The number of nitrogens with one attached hydrogen (secondary N) is 1. The van der Waals surface area contributed by atoms with E-state index in [0.717, 1.165) is 19.2 Å². The van der Waals surface area contributed by atoms with Gasteiger partial charge in [0.2, 0.25) is 0 Å². The summed E-state index contributed by atoms with van der Waals surface area (Å²) in [4.78, 5) is 21.1. The lowest BCUT2D eigenvalue weighted by atomic mass is 10.0. The Morgan fingerprint density at radius 1 is 1.00 bits per heavy atom. The molecule has 3 aromatic heterocycles. The summed E-state index contributed by atoms with van der Waals surface area (Å²) in [6, 6.07) is 10.8. The number of halogens is 3. The maximum absolute atomic E-state index is 13.9. The van der Waals surface area contributed by atoms with Crippen LogP contribution >= 0.6 is 0 Å². The maximum atomic E-state index is 13.9. The zero-order valence-electron chi connectivity index (χ0n) is 23.5. The zero-order chi connectivity index (χ0) is 30.3. The van der Waals surface area contributed by atoms with Gasteiger partial charge in [0.15, 0.2) is 0 Å². The molecule has 1 amide bonds. The number of hydrogen-bond donors (Lipinski definition) is 1. The van der Waals surface area contributed by atoms with Crippen LogP contribution in [0.15, 0.2) is 61.2 Å². The quantitative estimate of drug-likeness (QED) is 0.344. The lowest BCUT2D eigenvalue weighted by Crippen LogP contribution is -2.44. The minimum Gasteiger partial charge on any atom is -0.322 e. The van der Waals surface area contributed by atoms with Crippen LogP contribution < -0.4 is 5.32 Å². The summed E-state index contributed by atoms with van der Waals surface area (Å²) in [7, 11) is 1.99. The number of fused-ring (bicyclic) bond motifs is 1. The molecular weight excluding hydrogens is 543 g/mol. The van der Waals surface area contributed by atoms with E-state index >= 15 is 0 Å². The molecule has 0 aliphatic carbocycles. The number of anilines is 1. The molecule has 11 heteroatoms. The van der Waals surface area contributed by atoms with Gasteiger partial charge in [0, 0.05) is 62.6 Å². The number of benzene rings is 1. The fraction of sp³-hybridized carbons (Fsp3) is 0.290. The second kappa shape index (κ2) is 13.3. The Labute approximate surface area is 242 Å². The number of amides is 1. The van der Waals surface area contributed by atoms with Crippen molar-refractivity contribution in [1.29, 1.82) is 5.26 Å². The number of nitriles is 1. The number of rotatable bonds is 4. The maximum Gasteiger partial charge on any atom is 0.416 e. The molecule has 5 rings (SSSR count). The van der Waals surface area contributed by atoms with Crippen LogP contribution in [0.25, 0.3) is 5.52 Å². The van der Waals surface area contributed by atoms with Crippen LogP contribution in [0.1, 0.15) is 52.0 Å². The molecule has 4 heterocycles. The Hall–Kier alpha value is -4.71. The van der Waals surface area contributed by atoms with Crippen molar-refractivity contribution >= 4 is 17.1 Å². The van der Waals surface area contributed by atoms with Gasteiger partial charge >= 0.3 is 6.18 Å². The molecule has 1 saturated heterocycles. The summed E-state index contributed by atoms with van der Waals surface area (Å²) < 4.78 is 43.3. The Morgan fingerprint density at radius 3 is 2.48 bits per heavy atom. The van der Waals surface area contributed by atoms with Crippen molar-refractivity contribution in [2.45, 2.75) is 26.6 Å². The van der Waals surface area contributed by atoms with Gasteiger partial charge < -0.3 is 10.2 Å². The number of nitrogens with zero attached hydrogens (tertiary/aromatic N) is 6. The fourth-order valence-electron chi connectivity index (χ4n) is 4.42. The van der Waals surface area contributed by atoms with Crippen molar-refractivity contribution in [2.24, 2.45) is 0 Å². The lowest BCUT2D eigenvalue weighted by molar-refractivity contribution is -0.138. The summed E-state index contributed by atoms with van der Waals surface area (Å²) in [6.45, 7) is 7.17. The average molecular weight is 574 g/mol. The first kappa shape index (κ1) is 30.3. The third-order valence-corrected chi connectivity index (χ3v) is 6.66. The third-order valence-electron chi connectivity index (χ3n) is 6.66. The van der Waals surface area contributed by atoms with Crippen molar-refractivity contribution < 1.29 is 18.0 Å². The Morgan fingerprint density at radius 2 is 1.76 bits per heavy atom. The standard InChI is InChI=1S/C29H24F3N7O.C2H6/c1-37-8-10-38(11-9-37)19-23-4-5-25(14-26(23)29(30,31)32)36-28(40)24-12-21(16-34-17-24)2-3-22-18-35-39-7-6-20(15-33)13-27(22)39;1-2/h4-7,12-14,16-18H,8-11,19H2,1H3,(H,36,40);1-2H3. The third kappa shape index (κ3) is 7.32. The number of carbonyl (C=O) groups excluding carboxylic acids is 1. The van der Waals surface area contributed by atoms with Gasteiger partial charge in [-0.1, -0.05) is 31.8 Å². The van der Waals surface area contributed by atoms with Crippen LogP contribution in [0.5, 0.6) is 0 Å². The van der Waals surface area contributed by atoms with E-state index in [4.69, 9.17) is 5.26 Å². The normalized spacial score (nSPS) is 13.8. The molecular formula is C31H30F3N7O. The van der Waals surface area contributed by atoms with E-state index < -0.39 is 17.6 Å². The van der Waals surface area contributed by atoms with Crippen molar-refractivity contribution in [3.63, 3.8) is 0 Å². The van der Waals surface area contributed by atoms with Gasteiger partial charge in [-0.25, -0.2) is 4.52 Å². The van der Waals surface area contributed by atoms with E-state index in [0.29, 0.717) is 35.3 Å². The van der Waals surface area contributed by atoms with E-state index in [1.807, 2.05) is 25.8 Å². The van der Waals surface area contributed by atoms with E-state index in [1.54, 1.807) is 29.0 Å². The minimum atomic E-state index is -4.56. The average Bonchev–Trinajstić information content (AvgIpc) is 3.40. The summed E-state index contributed by atoms with van der Waals surface area (Å²) in [5.41, 5.74) is 1.73. The number of hydrogen-bond acceptors (Lipinski definition) is 6. The molecule has 1 aliphatic heterocycles. The molecule has 0 atom stereocenters. The zero-order valence-corrected chi connectivity index (χ0v) is 23.5. The Bertz CT molecular complexity index is 1670. The van der Waals surface area contributed by atoms with Crippen molar-refractivity contribution in [3.05, 3.63) is 94.6 Å². The van der Waals surface area contributed by atoms with Gasteiger partial charge in [-0.2, -0.15) is 23.5 Å². The summed E-state index contributed by atoms with van der Waals surface area (Å²) in [6.07, 6.45) is 1.46. The highest BCUT2D eigenvalue weighted by atomic mass is 19.4. The van der Waals surface area contributed by atoms with Gasteiger partial charge in [0.25, 0.3) is 5.91 Å². The second-order valence-corrected chi connectivity index (χ2v) is 9.53. The monoisotopic (exact) mass is 573 g/mol. The first-order valence-corrected chi connectivity index (χ1v) is 13.5. The molecule has 0 spiro atoms. The number of likely N-dealkylation sites (N-methyl/N-ethyl adjacent to an activating group) is 1. The van der Waals surface area contributed by atoms with Crippen molar-refractivity contribution in [2.75, 3.05) is 38.5 Å². The molecule has 42 heavy (non-hydrogen) atoms. The molecule has 0 radical (unpaired) electrons. The number of pyridine rings is 2. The predicted octanol–water partition coefficient (Wildman–Crippen LogP) is 5.05. The van der Waals surface area contributed by atoms with Crippen LogP contribution in [-0.2, 0) is 12.7 Å². The molecule has 0 bridgehead atoms. The first-order chi connectivity index (χ1) is 20.2. The van der Waals surface area contributed by atoms with Crippen LogP contribution in [-0.4, -0.2) is 63.5 Å². The molecule has 0 unspecified atom stereocenters. The van der Waals surface area contributed by atoms with Crippen LogP contribution in [0, 0.1) is 23.2 Å². The molecule has 216 valence electrons. The Kier molecular flexibility index (Phi) is 9.58. The number of carbonyl (C=O) groups is 1. The highest BCUT2D eigenvalue weighted by molar-refractivity contribution is 6.04. The van der Waals surface area contributed by atoms with E-state index in [2.05, 4.69) is 38.2 Å². The molecule has 1 aromatic carbocycles. The molecule has 0 saturated carbocycles. The smallest absolute Gasteiger partial charge is 0.322 e. The SMILES string of the molecule is CC.CN1CCN(Cc2ccc(NC(=O)c3cncc(C#Cc4cnn5ccc(C#N)cc45)c3)cc2C(F)(F)F)CC1. The van der Waals surface area contributed by atoms with E-state index in [1.165, 1.54) is 30.6 Å². The molecule has 8 nitrogen and oxygen atoms in total. The molecule has 1 aliphatic rings. The highest BCUT2D eigenvalue weighted by Gasteiger charge is 2.34. The minimum absolute atomic E-state index is 0.0376. The molecule has 4 aromatic rings. The van der Waals surface area contributed by atoms with Gasteiger partial charge in [0.05, 0.1) is 40.0 Å². The highest BCUT2D eigenvalue weighted by Crippen LogP contribution is 2.34. The van der Waals surface area contributed by atoms with Crippen molar-refractivity contribution in [3.8, 4) is 17.9 Å². The number of alkyl halides is 3. The molecule has 1 fully saturated rings. The number of piperazine rings is 1. The predicted molar refractivity (Wildman–Crippen MR) is 154 cm³/mol.